The number of rotatable bonds is 7. The van der Waals surface area contributed by atoms with Gasteiger partial charge in [-0.3, -0.25) is 0 Å². The molecule has 7 nitrogen and oxygen atoms in total. The van der Waals surface area contributed by atoms with Crippen molar-refractivity contribution in [3.63, 3.8) is 0 Å². The first-order valence-corrected chi connectivity index (χ1v) is 9.39. The lowest BCUT2D eigenvalue weighted by Gasteiger charge is -2.23. The average Bonchev–Trinajstić information content (AvgIpc) is 2.82. The lowest BCUT2D eigenvalue weighted by Crippen LogP contribution is -2.42. The normalized spacial score (nSPS) is 22.5. The molecular formula is C14H29N3O4S. The molecule has 0 aromatic carbocycles. The summed E-state index contributed by atoms with van der Waals surface area (Å²) in [6, 6.07) is 0.238. The minimum atomic E-state index is -3.18. The van der Waals surface area contributed by atoms with Crippen molar-refractivity contribution in [1.82, 2.24) is 15.4 Å². The van der Waals surface area contributed by atoms with Gasteiger partial charge < -0.3 is 15.4 Å². The number of amides is 1. The van der Waals surface area contributed by atoms with E-state index in [9.17, 15) is 13.2 Å². The van der Waals surface area contributed by atoms with Gasteiger partial charge in [0.1, 0.15) is 5.60 Å². The van der Waals surface area contributed by atoms with Gasteiger partial charge in [0.05, 0.1) is 5.75 Å². The summed E-state index contributed by atoms with van der Waals surface area (Å²) in [6.45, 7) is 6.44. The number of sulfonamides is 1. The molecule has 0 aliphatic heterocycles. The molecule has 0 spiro atoms. The molecule has 130 valence electrons. The first-order chi connectivity index (χ1) is 10.1. The Bertz CT molecular complexity index is 459. The molecule has 0 aromatic rings. The summed E-state index contributed by atoms with van der Waals surface area (Å²) < 4.78 is 30.3. The highest BCUT2D eigenvalue weighted by Crippen LogP contribution is 2.25. The third kappa shape index (κ3) is 7.42. The van der Waals surface area contributed by atoms with E-state index in [0.29, 0.717) is 19.0 Å². The van der Waals surface area contributed by atoms with Gasteiger partial charge in [-0.05, 0) is 46.6 Å². The summed E-state index contributed by atoms with van der Waals surface area (Å²) >= 11 is 0. The van der Waals surface area contributed by atoms with Gasteiger partial charge in [0.15, 0.2) is 0 Å². The Hall–Kier alpha value is -0.860. The zero-order chi connectivity index (χ0) is 16.8. The number of nitrogens with one attached hydrogen (secondary N) is 3. The Morgan fingerprint density at radius 3 is 2.55 bits per heavy atom. The van der Waals surface area contributed by atoms with Crippen LogP contribution < -0.4 is 15.4 Å². The molecule has 0 radical (unpaired) electrons. The standard InChI is InChI=1S/C14H29N3O4S/c1-14(2,3)21-13(18)17-10-11-6-5-7-12(11)16-8-9-22(19,20)15-4/h11-12,15-16H,5-10H2,1-4H3,(H,17,18). The highest BCUT2D eigenvalue weighted by Gasteiger charge is 2.28. The fraction of sp³-hybridized carbons (Fsp3) is 0.929. The third-order valence-electron chi connectivity index (χ3n) is 3.65. The van der Waals surface area contributed by atoms with E-state index in [1.807, 2.05) is 20.8 Å². The van der Waals surface area contributed by atoms with Crippen LogP contribution in [0.5, 0.6) is 0 Å². The van der Waals surface area contributed by atoms with Crippen molar-refractivity contribution < 1.29 is 17.9 Å². The SMILES string of the molecule is CNS(=O)(=O)CCNC1CCCC1CNC(=O)OC(C)(C)C. The van der Waals surface area contributed by atoms with Gasteiger partial charge in [-0.1, -0.05) is 6.42 Å². The maximum Gasteiger partial charge on any atom is 0.407 e. The topological polar surface area (TPSA) is 96.5 Å². The predicted octanol–water partition coefficient (Wildman–Crippen LogP) is 0.819. The molecule has 0 saturated heterocycles. The predicted molar refractivity (Wildman–Crippen MR) is 86.2 cm³/mol. The highest BCUT2D eigenvalue weighted by atomic mass is 32.2. The van der Waals surface area contributed by atoms with Crippen LogP contribution >= 0.6 is 0 Å². The molecule has 1 aliphatic rings. The minimum absolute atomic E-state index is 0.0617. The minimum Gasteiger partial charge on any atom is -0.444 e. The second kappa shape index (κ2) is 8.12. The van der Waals surface area contributed by atoms with E-state index in [1.54, 1.807) is 0 Å². The lowest BCUT2D eigenvalue weighted by molar-refractivity contribution is 0.0517. The van der Waals surface area contributed by atoms with E-state index in [2.05, 4.69) is 15.4 Å². The Balaban J connectivity index is 2.33. The fourth-order valence-corrected chi connectivity index (χ4v) is 3.15. The van der Waals surface area contributed by atoms with Gasteiger partial charge >= 0.3 is 6.09 Å². The Morgan fingerprint density at radius 1 is 1.27 bits per heavy atom. The van der Waals surface area contributed by atoms with Crippen LogP contribution in [0.4, 0.5) is 4.79 Å². The summed E-state index contributed by atoms with van der Waals surface area (Å²) in [5, 5.41) is 6.08. The molecule has 1 amide bonds. The monoisotopic (exact) mass is 335 g/mol. The lowest BCUT2D eigenvalue weighted by atomic mass is 10.0. The van der Waals surface area contributed by atoms with Crippen LogP contribution in [0.1, 0.15) is 40.0 Å². The van der Waals surface area contributed by atoms with Gasteiger partial charge in [-0.2, -0.15) is 0 Å². The smallest absolute Gasteiger partial charge is 0.407 e. The van der Waals surface area contributed by atoms with Crippen molar-refractivity contribution in [3.05, 3.63) is 0 Å². The number of hydrogen-bond donors (Lipinski definition) is 3. The fourth-order valence-electron chi connectivity index (χ4n) is 2.56. The van der Waals surface area contributed by atoms with Crippen LogP contribution in [0.25, 0.3) is 0 Å². The number of carbonyl (C=O) groups excluding carboxylic acids is 1. The van der Waals surface area contributed by atoms with E-state index < -0.39 is 21.7 Å². The molecule has 1 aliphatic carbocycles. The van der Waals surface area contributed by atoms with Gasteiger partial charge in [-0.25, -0.2) is 17.9 Å². The Labute approximate surface area is 133 Å². The maximum atomic E-state index is 11.7. The van der Waals surface area contributed by atoms with Crippen molar-refractivity contribution in [2.45, 2.75) is 51.7 Å². The molecule has 3 N–H and O–H groups in total. The Morgan fingerprint density at radius 2 is 1.95 bits per heavy atom. The molecule has 0 bridgehead atoms. The second-order valence-corrected chi connectivity index (χ2v) is 8.70. The van der Waals surface area contributed by atoms with Crippen LogP contribution in [-0.4, -0.2) is 52.0 Å². The molecular weight excluding hydrogens is 306 g/mol. The molecule has 1 rings (SSSR count). The second-order valence-electron chi connectivity index (χ2n) is 6.66. The van der Waals surface area contributed by atoms with Gasteiger partial charge in [0, 0.05) is 19.1 Å². The number of alkyl carbamates (subject to hydrolysis) is 1. The molecule has 2 atom stereocenters. The number of carbonyl (C=O) groups is 1. The summed E-state index contributed by atoms with van der Waals surface area (Å²) in [6.07, 6.45) is 2.69. The maximum absolute atomic E-state index is 11.7. The van der Waals surface area contributed by atoms with Crippen molar-refractivity contribution in [1.29, 1.82) is 0 Å². The van der Waals surface area contributed by atoms with Crippen LogP contribution in [0.2, 0.25) is 0 Å². The first-order valence-electron chi connectivity index (χ1n) is 7.74. The zero-order valence-electron chi connectivity index (χ0n) is 13.9. The van der Waals surface area contributed by atoms with Crippen LogP contribution in [-0.2, 0) is 14.8 Å². The van der Waals surface area contributed by atoms with Crippen LogP contribution in [0.3, 0.4) is 0 Å². The molecule has 0 aromatic heterocycles. The average molecular weight is 335 g/mol. The van der Waals surface area contributed by atoms with E-state index in [4.69, 9.17) is 4.74 Å². The first kappa shape index (κ1) is 19.2. The van der Waals surface area contributed by atoms with Gasteiger partial charge in [0.25, 0.3) is 0 Å². The largest absolute Gasteiger partial charge is 0.444 e. The molecule has 1 fully saturated rings. The van der Waals surface area contributed by atoms with E-state index in [1.165, 1.54) is 7.05 Å². The van der Waals surface area contributed by atoms with Crippen LogP contribution in [0.15, 0.2) is 0 Å². The summed E-state index contributed by atoms with van der Waals surface area (Å²) in [4.78, 5) is 11.7. The van der Waals surface area contributed by atoms with Crippen LogP contribution in [0, 0.1) is 5.92 Å². The van der Waals surface area contributed by atoms with Crippen molar-refractivity contribution >= 4 is 16.1 Å². The van der Waals surface area contributed by atoms with E-state index in [-0.39, 0.29) is 11.8 Å². The van der Waals surface area contributed by atoms with Crippen molar-refractivity contribution in [3.8, 4) is 0 Å². The quantitative estimate of drug-likeness (QED) is 0.640. The molecule has 22 heavy (non-hydrogen) atoms. The molecule has 8 heteroatoms. The summed E-state index contributed by atoms with van der Waals surface area (Å²) in [5.41, 5.74) is -0.501. The number of ether oxygens (including phenoxy) is 1. The molecule has 1 saturated carbocycles. The summed E-state index contributed by atoms with van der Waals surface area (Å²) in [5.74, 6) is 0.372. The third-order valence-corrected chi connectivity index (χ3v) is 5.02. The van der Waals surface area contributed by atoms with Gasteiger partial charge in [0.2, 0.25) is 10.0 Å². The Kier molecular flexibility index (Phi) is 7.08. The van der Waals surface area contributed by atoms with Crippen molar-refractivity contribution in [2.75, 3.05) is 25.9 Å². The molecule has 2 unspecified atom stereocenters. The van der Waals surface area contributed by atoms with Crippen molar-refractivity contribution in [2.24, 2.45) is 5.92 Å². The number of hydrogen-bond acceptors (Lipinski definition) is 5. The van der Waals surface area contributed by atoms with E-state index in [0.717, 1.165) is 19.3 Å². The summed E-state index contributed by atoms with van der Waals surface area (Å²) in [7, 11) is -1.76. The molecule has 0 heterocycles. The zero-order valence-corrected chi connectivity index (χ0v) is 14.8. The van der Waals surface area contributed by atoms with E-state index >= 15 is 0 Å². The van der Waals surface area contributed by atoms with Gasteiger partial charge in [-0.15, -0.1) is 0 Å². The highest BCUT2D eigenvalue weighted by molar-refractivity contribution is 7.89.